The quantitative estimate of drug-likeness (QED) is 0.661. The molecule has 2 aliphatic rings. The van der Waals surface area contributed by atoms with Gasteiger partial charge in [0.05, 0.1) is 31.6 Å². The van der Waals surface area contributed by atoms with Crippen molar-refractivity contribution in [3.8, 4) is 0 Å². The molecule has 0 radical (unpaired) electrons. The number of hydrogen-bond acceptors (Lipinski definition) is 5. The zero-order chi connectivity index (χ0) is 21.8. The monoisotopic (exact) mass is 446 g/mol. The van der Waals surface area contributed by atoms with Crippen LogP contribution < -0.4 is 15.5 Å². The van der Waals surface area contributed by atoms with E-state index >= 15 is 0 Å². The number of furan rings is 1. The Balaban J connectivity index is 1.34. The number of anilines is 1. The number of carbonyl (C=O) groups excluding carboxylic acids is 1. The van der Waals surface area contributed by atoms with Crippen LogP contribution in [0.15, 0.2) is 41.0 Å². The number of nitrogens with zero attached hydrogens (tertiary/aromatic N) is 2. The van der Waals surface area contributed by atoms with Crippen molar-refractivity contribution in [1.29, 1.82) is 0 Å². The van der Waals surface area contributed by atoms with Crippen LogP contribution in [0.3, 0.4) is 0 Å². The first-order valence-electron chi connectivity index (χ1n) is 10.5. The van der Waals surface area contributed by atoms with Gasteiger partial charge in [0.2, 0.25) is 0 Å². The normalized spacial score (nSPS) is 20.0. The highest BCUT2D eigenvalue weighted by Crippen LogP contribution is 2.33. The molecule has 9 heteroatoms. The Hall–Kier alpha value is -2.65. The number of cyclic esters (lactones) is 1. The van der Waals surface area contributed by atoms with Crippen LogP contribution in [0.5, 0.6) is 0 Å². The highest BCUT2D eigenvalue weighted by Gasteiger charge is 2.33. The molecular weight excluding hydrogens is 419 g/mol. The first kappa shape index (κ1) is 21.6. The van der Waals surface area contributed by atoms with E-state index in [4.69, 9.17) is 21.4 Å². The number of hydrogen-bond donors (Lipinski definition) is 2. The van der Waals surface area contributed by atoms with Gasteiger partial charge >= 0.3 is 6.09 Å². The maximum absolute atomic E-state index is 15.0. The number of likely N-dealkylation sites (tertiary alicyclic amines) is 1. The maximum Gasteiger partial charge on any atom is 0.414 e. The van der Waals surface area contributed by atoms with Gasteiger partial charge in [-0.05, 0) is 73.9 Å². The molecule has 2 aromatic rings. The lowest BCUT2D eigenvalue weighted by molar-refractivity contribution is 0.143. The van der Waals surface area contributed by atoms with Crippen LogP contribution in [-0.4, -0.2) is 55.4 Å². The van der Waals surface area contributed by atoms with E-state index in [1.54, 1.807) is 13.3 Å². The van der Waals surface area contributed by atoms with E-state index in [-0.39, 0.29) is 17.8 Å². The van der Waals surface area contributed by atoms with Crippen LogP contribution in [0.2, 0.25) is 0 Å². The fourth-order valence-electron chi connectivity index (χ4n) is 4.17. The van der Waals surface area contributed by atoms with E-state index in [2.05, 4.69) is 15.5 Å². The van der Waals surface area contributed by atoms with E-state index in [1.165, 1.54) is 11.0 Å². The van der Waals surface area contributed by atoms with Crippen molar-refractivity contribution in [3.63, 3.8) is 0 Å². The molecular formula is C22H27FN4O3S. The van der Waals surface area contributed by atoms with Gasteiger partial charge in [0.1, 0.15) is 17.7 Å². The van der Waals surface area contributed by atoms with Crippen molar-refractivity contribution >= 4 is 29.1 Å². The Morgan fingerprint density at radius 3 is 2.77 bits per heavy atom. The lowest BCUT2D eigenvalue weighted by Crippen LogP contribution is -2.39. The Morgan fingerprint density at radius 1 is 1.29 bits per heavy atom. The van der Waals surface area contributed by atoms with Crippen molar-refractivity contribution in [2.75, 3.05) is 38.1 Å². The molecule has 1 unspecified atom stereocenters. The zero-order valence-electron chi connectivity index (χ0n) is 17.5. The van der Waals surface area contributed by atoms with E-state index in [9.17, 15) is 9.18 Å². The van der Waals surface area contributed by atoms with Gasteiger partial charge in [-0.15, -0.1) is 0 Å². The fraction of sp³-hybridized carbons (Fsp3) is 0.455. The van der Waals surface area contributed by atoms with E-state index in [0.29, 0.717) is 29.5 Å². The van der Waals surface area contributed by atoms with Gasteiger partial charge in [-0.3, -0.25) is 9.80 Å². The van der Waals surface area contributed by atoms with Crippen LogP contribution in [0.1, 0.15) is 30.1 Å². The summed E-state index contributed by atoms with van der Waals surface area (Å²) in [5.74, 6) is 0.854. The highest BCUT2D eigenvalue weighted by atomic mass is 32.1. The minimum absolute atomic E-state index is 0.173. The maximum atomic E-state index is 15.0. The number of nitrogens with one attached hydrogen (secondary N) is 2. The smallest absolute Gasteiger partial charge is 0.414 e. The molecule has 4 rings (SSSR count). The number of ether oxygens (including phenoxy) is 1. The molecule has 7 nitrogen and oxygen atoms in total. The third-order valence-electron chi connectivity index (χ3n) is 5.87. The second-order valence-electron chi connectivity index (χ2n) is 7.91. The van der Waals surface area contributed by atoms with Crippen molar-refractivity contribution in [2.45, 2.75) is 31.4 Å². The molecule has 1 amide bonds. The van der Waals surface area contributed by atoms with E-state index in [0.717, 1.165) is 38.2 Å². The summed E-state index contributed by atoms with van der Waals surface area (Å²) in [6.45, 7) is 3.33. The number of halogens is 1. The molecule has 31 heavy (non-hydrogen) atoms. The Labute approximate surface area is 186 Å². The van der Waals surface area contributed by atoms with Crippen LogP contribution >= 0.6 is 12.2 Å². The largest absolute Gasteiger partial charge is 0.468 e. The predicted octanol–water partition coefficient (Wildman–Crippen LogP) is 3.22. The van der Waals surface area contributed by atoms with Gasteiger partial charge in [-0.1, -0.05) is 6.07 Å². The van der Waals surface area contributed by atoms with E-state index < -0.39 is 6.09 Å². The molecule has 1 atom stereocenters. The summed E-state index contributed by atoms with van der Waals surface area (Å²) in [5.41, 5.74) is 1.23. The summed E-state index contributed by atoms with van der Waals surface area (Å²) in [6, 6.07) is 8.93. The Bertz CT molecular complexity index is 915. The minimum atomic E-state index is -0.472. The molecule has 0 spiro atoms. The number of amides is 1. The van der Waals surface area contributed by atoms with Crippen molar-refractivity contribution in [3.05, 3.63) is 53.7 Å². The molecule has 2 saturated heterocycles. The van der Waals surface area contributed by atoms with Crippen molar-refractivity contribution in [1.82, 2.24) is 15.5 Å². The number of rotatable bonds is 6. The molecule has 3 heterocycles. The van der Waals surface area contributed by atoms with Crippen molar-refractivity contribution in [2.24, 2.45) is 0 Å². The van der Waals surface area contributed by atoms with Gasteiger partial charge in [-0.2, -0.15) is 0 Å². The molecule has 0 bridgehead atoms. The number of carbonyl (C=O) groups is 1. The molecule has 0 saturated carbocycles. The number of thiocarbonyl (C=S) groups is 1. The first-order valence-corrected chi connectivity index (χ1v) is 10.9. The standard InChI is InChI=1S/C22H27FN4O3S/c1-24-21(31)25-12-18-14-27(22(28)30-18)16-4-5-19(20(23)11-16)15-6-8-26(9-7-15)13-17-3-2-10-29-17/h2-5,10-11,15,18H,6-9,12-14H2,1H3,(H2,24,25,31). The number of piperidine rings is 1. The lowest BCUT2D eigenvalue weighted by atomic mass is 9.89. The molecule has 2 N–H and O–H groups in total. The molecule has 1 aromatic carbocycles. The molecule has 2 fully saturated rings. The molecule has 1 aromatic heterocycles. The van der Waals surface area contributed by atoms with Gasteiger partial charge in [0.15, 0.2) is 5.11 Å². The van der Waals surface area contributed by atoms with Crippen LogP contribution in [0.25, 0.3) is 0 Å². The third kappa shape index (κ3) is 5.16. The first-order chi connectivity index (χ1) is 15.0. The SMILES string of the molecule is CNC(=S)NCC1CN(c2ccc(C3CCN(Cc4ccco4)CC3)c(F)c2)C(=O)O1. The van der Waals surface area contributed by atoms with Gasteiger partial charge in [0.25, 0.3) is 0 Å². The summed E-state index contributed by atoms with van der Waals surface area (Å²) in [4.78, 5) is 16.1. The molecule has 166 valence electrons. The molecule has 2 aliphatic heterocycles. The minimum Gasteiger partial charge on any atom is -0.468 e. The second-order valence-corrected chi connectivity index (χ2v) is 8.32. The Morgan fingerprint density at radius 2 is 2.10 bits per heavy atom. The fourth-order valence-corrected chi connectivity index (χ4v) is 4.26. The number of benzene rings is 1. The third-order valence-corrected chi connectivity index (χ3v) is 6.22. The van der Waals surface area contributed by atoms with Crippen LogP contribution in [0.4, 0.5) is 14.9 Å². The zero-order valence-corrected chi connectivity index (χ0v) is 18.3. The van der Waals surface area contributed by atoms with Crippen LogP contribution in [-0.2, 0) is 11.3 Å². The summed E-state index contributed by atoms with van der Waals surface area (Å²) in [7, 11) is 1.72. The lowest BCUT2D eigenvalue weighted by Gasteiger charge is -2.31. The summed E-state index contributed by atoms with van der Waals surface area (Å²) < 4.78 is 25.8. The highest BCUT2D eigenvalue weighted by molar-refractivity contribution is 7.80. The topological polar surface area (TPSA) is 70.0 Å². The van der Waals surface area contributed by atoms with Crippen LogP contribution in [0, 0.1) is 5.82 Å². The summed E-state index contributed by atoms with van der Waals surface area (Å²) in [5, 5.41) is 6.28. The summed E-state index contributed by atoms with van der Waals surface area (Å²) >= 11 is 5.04. The van der Waals surface area contributed by atoms with Gasteiger partial charge in [-0.25, -0.2) is 9.18 Å². The Kier molecular flexibility index (Phi) is 6.72. The average Bonchev–Trinajstić information content (AvgIpc) is 3.42. The molecule has 0 aliphatic carbocycles. The van der Waals surface area contributed by atoms with Gasteiger partial charge < -0.3 is 19.8 Å². The second kappa shape index (κ2) is 9.65. The van der Waals surface area contributed by atoms with Crippen molar-refractivity contribution < 1.29 is 18.3 Å². The van der Waals surface area contributed by atoms with Gasteiger partial charge in [0, 0.05) is 7.05 Å². The predicted molar refractivity (Wildman–Crippen MR) is 120 cm³/mol. The van der Waals surface area contributed by atoms with E-state index in [1.807, 2.05) is 24.3 Å². The average molecular weight is 447 g/mol. The summed E-state index contributed by atoms with van der Waals surface area (Å²) in [6.07, 6.45) is 2.65.